The van der Waals surface area contributed by atoms with Crippen LogP contribution in [0.25, 0.3) is 0 Å². The highest BCUT2D eigenvalue weighted by Gasteiger charge is 2.21. The molecule has 0 bridgehead atoms. The Kier molecular flexibility index (Phi) is 5.22. The highest BCUT2D eigenvalue weighted by Crippen LogP contribution is 2.17. The standard InChI is InChI=1S/C12H25N3O/c1-9-5-4-6-15(8-9)10(2)7-14-12(16)11(3)13/h9-11H,4-8,13H2,1-3H3,(H,14,16)/t9?,10?,11-/m1/s1. The van der Waals surface area contributed by atoms with E-state index in [0.717, 1.165) is 19.0 Å². The molecule has 0 saturated carbocycles. The number of nitrogens with zero attached hydrogens (tertiary/aromatic N) is 1. The van der Waals surface area contributed by atoms with Crippen LogP contribution in [0.5, 0.6) is 0 Å². The highest BCUT2D eigenvalue weighted by molar-refractivity contribution is 5.80. The van der Waals surface area contributed by atoms with Gasteiger partial charge < -0.3 is 11.1 Å². The number of carbonyl (C=O) groups excluding carboxylic acids is 1. The minimum atomic E-state index is -0.410. The number of hydrogen-bond donors (Lipinski definition) is 2. The van der Waals surface area contributed by atoms with Crippen molar-refractivity contribution in [3.8, 4) is 0 Å². The van der Waals surface area contributed by atoms with Crippen LogP contribution in [-0.4, -0.2) is 42.5 Å². The zero-order valence-electron chi connectivity index (χ0n) is 10.7. The quantitative estimate of drug-likeness (QED) is 0.738. The Balaban J connectivity index is 2.28. The summed E-state index contributed by atoms with van der Waals surface area (Å²) in [5.74, 6) is 0.720. The third kappa shape index (κ3) is 4.10. The molecular weight excluding hydrogens is 202 g/mol. The van der Waals surface area contributed by atoms with Crippen LogP contribution >= 0.6 is 0 Å². The van der Waals surface area contributed by atoms with Gasteiger partial charge in [0.1, 0.15) is 0 Å². The first-order valence-corrected chi connectivity index (χ1v) is 6.28. The van der Waals surface area contributed by atoms with Gasteiger partial charge in [-0.15, -0.1) is 0 Å². The van der Waals surface area contributed by atoms with Crippen molar-refractivity contribution in [2.45, 2.75) is 45.7 Å². The number of piperidine rings is 1. The van der Waals surface area contributed by atoms with Gasteiger partial charge in [0.15, 0.2) is 0 Å². The molecule has 4 nitrogen and oxygen atoms in total. The Bertz CT molecular complexity index is 230. The molecule has 94 valence electrons. The van der Waals surface area contributed by atoms with Crippen LogP contribution in [0.15, 0.2) is 0 Å². The molecule has 4 heteroatoms. The summed E-state index contributed by atoms with van der Waals surface area (Å²) >= 11 is 0. The molecule has 0 aromatic heterocycles. The van der Waals surface area contributed by atoms with E-state index in [4.69, 9.17) is 5.73 Å². The van der Waals surface area contributed by atoms with E-state index in [1.807, 2.05) is 0 Å². The third-order valence-corrected chi connectivity index (χ3v) is 3.30. The largest absolute Gasteiger partial charge is 0.353 e. The second-order valence-corrected chi connectivity index (χ2v) is 5.13. The molecule has 1 aliphatic heterocycles. The van der Waals surface area contributed by atoms with Crippen LogP contribution in [0.1, 0.15) is 33.6 Å². The van der Waals surface area contributed by atoms with Gasteiger partial charge in [0.05, 0.1) is 6.04 Å². The van der Waals surface area contributed by atoms with Gasteiger partial charge in [-0.2, -0.15) is 0 Å². The summed E-state index contributed by atoms with van der Waals surface area (Å²) in [5, 5.41) is 2.89. The van der Waals surface area contributed by atoms with E-state index < -0.39 is 6.04 Å². The van der Waals surface area contributed by atoms with Crippen molar-refractivity contribution in [1.29, 1.82) is 0 Å². The SMILES string of the molecule is CC1CCCN(C(C)CNC(=O)[C@@H](C)N)C1. The summed E-state index contributed by atoms with van der Waals surface area (Å²) in [7, 11) is 0. The van der Waals surface area contributed by atoms with Gasteiger partial charge in [0.25, 0.3) is 0 Å². The Morgan fingerprint density at radius 1 is 1.56 bits per heavy atom. The fraction of sp³-hybridized carbons (Fsp3) is 0.917. The molecule has 0 aromatic carbocycles. The third-order valence-electron chi connectivity index (χ3n) is 3.30. The maximum absolute atomic E-state index is 11.3. The Hall–Kier alpha value is -0.610. The zero-order valence-corrected chi connectivity index (χ0v) is 10.7. The Labute approximate surface area is 98.6 Å². The molecule has 1 saturated heterocycles. The first-order valence-electron chi connectivity index (χ1n) is 6.28. The van der Waals surface area contributed by atoms with E-state index >= 15 is 0 Å². The minimum Gasteiger partial charge on any atom is -0.353 e. The number of nitrogens with one attached hydrogen (secondary N) is 1. The predicted octanol–water partition coefficient (Wildman–Crippen LogP) is 0.570. The van der Waals surface area contributed by atoms with Gasteiger partial charge in [-0.3, -0.25) is 9.69 Å². The lowest BCUT2D eigenvalue weighted by atomic mass is 9.99. The van der Waals surface area contributed by atoms with Crippen molar-refractivity contribution >= 4 is 5.91 Å². The van der Waals surface area contributed by atoms with E-state index in [9.17, 15) is 4.79 Å². The molecule has 0 aliphatic carbocycles. The molecule has 1 heterocycles. The summed E-state index contributed by atoms with van der Waals surface area (Å²) in [5.41, 5.74) is 5.50. The molecule has 16 heavy (non-hydrogen) atoms. The number of amides is 1. The van der Waals surface area contributed by atoms with Crippen molar-refractivity contribution in [1.82, 2.24) is 10.2 Å². The van der Waals surface area contributed by atoms with Crippen molar-refractivity contribution in [3.63, 3.8) is 0 Å². The van der Waals surface area contributed by atoms with Crippen LogP contribution in [-0.2, 0) is 4.79 Å². The molecule has 3 atom stereocenters. The maximum atomic E-state index is 11.3. The summed E-state index contributed by atoms with van der Waals surface area (Å²) in [6, 6.07) is -0.00192. The lowest BCUT2D eigenvalue weighted by Crippen LogP contribution is -2.48. The molecular formula is C12H25N3O. The number of nitrogens with two attached hydrogens (primary N) is 1. The van der Waals surface area contributed by atoms with Crippen molar-refractivity contribution < 1.29 is 4.79 Å². The van der Waals surface area contributed by atoms with E-state index in [0.29, 0.717) is 12.6 Å². The topological polar surface area (TPSA) is 58.4 Å². The van der Waals surface area contributed by atoms with Gasteiger partial charge in [-0.25, -0.2) is 0 Å². The normalized spacial score (nSPS) is 26.1. The minimum absolute atomic E-state index is 0.0584. The molecule has 1 amide bonds. The fourth-order valence-corrected chi connectivity index (χ4v) is 2.16. The maximum Gasteiger partial charge on any atom is 0.236 e. The molecule has 3 N–H and O–H groups in total. The van der Waals surface area contributed by atoms with Crippen LogP contribution in [0.3, 0.4) is 0 Å². The summed E-state index contributed by atoms with van der Waals surface area (Å²) in [6.45, 7) is 9.17. The van der Waals surface area contributed by atoms with Crippen LogP contribution in [0, 0.1) is 5.92 Å². The average molecular weight is 227 g/mol. The number of likely N-dealkylation sites (tertiary alicyclic amines) is 1. The lowest BCUT2D eigenvalue weighted by Gasteiger charge is -2.35. The first kappa shape index (κ1) is 13.5. The molecule has 1 rings (SSSR count). The molecule has 1 fully saturated rings. The number of rotatable bonds is 4. The lowest BCUT2D eigenvalue weighted by molar-refractivity contribution is -0.122. The fourth-order valence-electron chi connectivity index (χ4n) is 2.16. The molecule has 1 aliphatic rings. The molecule has 2 unspecified atom stereocenters. The van der Waals surface area contributed by atoms with E-state index in [1.54, 1.807) is 6.92 Å². The van der Waals surface area contributed by atoms with E-state index in [-0.39, 0.29) is 5.91 Å². The van der Waals surface area contributed by atoms with Gasteiger partial charge in [-0.1, -0.05) is 6.92 Å². The van der Waals surface area contributed by atoms with E-state index in [2.05, 4.69) is 24.1 Å². The predicted molar refractivity (Wildman–Crippen MR) is 66.1 cm³/mol. The van der Waals surface area contributed by atoms with Crippen molar-refractivity contribution in [2.24, 2.45) is 11.7 Å². The number of carbonyl (C=O) groups is 1. The second kappa shape index (κ2) is 6.21. The summed E-state index contributed by atoms with van der Waals surface area (Å²) in [4.78, 5) is 13.8. The van der Waals surface area contributed by atoms with Crippen LogP contribution in [0.2, 0.25) is 0 Å². The molecule has 0 aromatic rings. The van der Waals surface area contributed by atoms with Crippen LogP contribution < -0.4 is 11.1 Å². The summed E-state index contributed by atoms with van der Waals surface area (Å²) in [6.07, 6.45) is 2.60. The first-order chi connectivity index (χ1) is 7.50. The Morgan fingerprint density at radius 2 is 2.25 bits per heavy atom. The Morgan fingerprint density at radius 3 is 2.81 bits per heavy atom. The van der Waals surface area contributed by atoms with Gasteiger partial charge >= 0.3 is 0 Å². The highest BCUT2D eigenvalue weighted by atomic mass is 16.2. The smallest absolute Gasteiger partial charge is 0.236 e. The molecule has 0 radical (unpaired) electrons. The van der Waals surface area contributed by atoms with Crippen molar-refractivity contribution in [2.75, 3.05) is 19.6 Å². The van der Waals surface area contributed by atoms with Crippen LogP contribution in [0.4, 0.5) is 0 Å². The molecule has 0 spiro atoms. The van der Waals surface area contributed by atoms with Gasteiger partial charge in [0, 0.05) is 19.1 Å². The van der Waals surface area contributed by atoms with E-state index in [1.165, 1.54) is 12.8 Å². The monoisotopic (exact) mass is 227 g/mol. The van der Waals surface area contributed by atoms with Gasteiger partial charge in [-0.05, 0) is 39.2 Å². The second-order valence-electron chi connectivity index (χ2n) is 5.13. The van der Waals surface area contributed by atoms with Crippen molar-refractivity contribution in [3.05, 3.63) is 0 Å². The average Bonchev–Trinajstić information content (AvgIpc) is 2.25. The zero-order chi connectivity index (χ0) is 12.1. The number of hydrogen-bond acceptors (Lipinski definition) is 3. The summed E-state index contributed by atoms with van der Waals surface area (Å²) < 4.78 is 0. The van der Waals surface area contributed by atoms with Gasteiger partial charge in [0.2, 0.25) is 5.91 Å².